The van der Waals surface area contributed by atoms with Crippen LogP contribution in [0.2, 0.25) is 0 Å². The van der Waals surface area contributed by atoms with E-state index in [0.29, 0.717) is 0 Å². The third-order valence-corrected chi connectivity index (χ3v) is 3.11. The molecule has 1 aromatic carbocycles. The first kappa shape index (κ1) is 17.7. The van der Waals surface area contributed by atoms with Crippen LogP contribution in [0.15, 0.2) is 42.5 Å². The van der Waals surface area contributed by atoms with Crippen molar-refractivity contribution in [3.63, 3.8) is 0 Å². The van der Waals surface area contributed by atoms with E-state index in [0.717, 1.165) is 24.0 Å². The van der Waals surface area contributed by atoms with Crippen molar-refractivity contribution in [3.05, 3.63) is 48.0 Å². The Bertz CT molecular complexity index is 433. The molecule has 0 saturated heterocycles. The van der Waals surface area contributed by atoms with Gasteiger partial charge in [-0.25, -0.2) is 20.4 Å². The van der Waals surface area contributed by atoms with Crippen molar-refractivity contribution in [1.29, 1.82) is 10.8 Å². The lowest BCUT2D eigenvalue weighted by molar-refractivity contribution is 0.562. The molecule has 2 atom stereocenters. The van der Waals surface area contributed by atoms with Gasteiger partial charge in [0.05, 0.1) is 0 Å². The number of allylic oxidation sites excluding steroid dienone is 2. The number of hydrogen-bond donors (Lipinski definition) is 2. The van der Waals surface area contributed by atoms with E-state index in [1.807, 2.05) is 18.2 Å². The summed E-state index contributed by atoms with van der Waals surface area (Å²) in [7, 11) is 0. The van der Waals surface area contributed by atoms with Gasteiger partial charge in [0.25, 0.3) is 0 Å². The summed E-state index contributed by atoms with van der Waals surface area (Å²) in [5.74, 6) is 1.98. The zero-order valence-electron chi connectivity index (χ0n) is 11.6. The molecule has 0 aromatic heterocycles. The zero-order valence-corrected chi connectivity index (χ0v) is 11.6. The fourth-order valence-corrected chi connectivity index (χ4v) is 2.25. The molecule has 2 bridgehead atoms. The first-order chi connectivity index (χ1) is 9.67. The Morgan fingerprint density at radius 1 is 0.950 bits per heavy atom. The summed E-state index contributed by atoms with van der Waals surface area (Å²) >= 11 is 0. The minimum atomic E-state index is 0.750. The predicted molar refractivity (Wildman–Crippen MR) is 78.0 cm³/mol. The SMILES string of the molecule is C1=CC2CCC1C2.Cc1ccccc1.N=C=O.N=C=O. The molecule has 1 saturated carbocycles. The van der Waals surface area contributed by atoms with E-state index in [4.69, 9.17) is 20.4 Å². The maximum Gasteiger partial charge on any atom is 0.231 e. The van der Waals surface area contributed by atoms with Gasteiger partial charge in [0.1, 0.15) is 0 Å². The number of isocyanates is 2. The molecule has 0 amide bonds. The van der Waals surface area contributed by atoms with Gasteiger partial charge in [-0.2, -0.15) is 0 Å². The first-order valence-corrected chi connectivity index (χ1v) is 6.45. The fraction of sp³-hybridized carbons (Fsp3) is 0.375. The van der Waals surface area contributed by atoms with Crippen LogP contribution in [-0.4, -0.2) is 12.2 Å². The van der Waals surface area contributed by atoms with Gasteiger partial charge in [-0.15, -0.1) is 0 Å². The molecule has 0 heterocycles. The summed E-state index contributed by atoms with van der Waals surface area (Å²) in [5, 5.41) is 10.8. The summed E-state index contributed by atoms with van der Waals surface area (Å²) < 4.78 is 0. The van der Waals surface area contributed by atoms with Crippen LogP contribution in [0.5, 0.6) is 0 Å². The highest BCUT2D eigenvalue weighted by atomic mass is 16.1. The van der Waals surface area contributed by atoms with Crippen molar-refractivity contribution in [1.82, 2.24) is 0 Å². The van der Waals surface area contributed by atoms with Gasteiger partial charge in [0, 0.05) is 0 Å². The molecule has 3 rings (SSSR count). The van der Waals surface area contributed by atoms with E-state index in [-0.39, 0.29) is 0 Å². The van der Waals surface area contributed by atoms with E-state index in [2.05, 4.69) is 31.2 Å². The normalized spacial score (nSPS) is 19.9. The van der Waals surface area contributed by atoms with Crippen LogP contribution in [0.25, 0.3) is 0 Å². The molecule has 0 radical (unpaired) electrons. The van der Waals surface area contributed by atoms with Crippen LogP contribution in [0, 0.1) is 29.6 Å². The minimum absolute atomic E-state index is 0.750. The zero-order chi connectivity index (χ0) is 15.2. The van der Waals surface area contributed by atoms with E-state index < -0.39 is 0 Å². The molecule has 2 N–H and O–H groups in total. The number of aryl methyl sites for hydroxylation is 1. The lowest BCUT2D eigenvalue weighted by Gasteiger charge is -1.96. The summed E-state index contributed by atoms with van der Waals surface area (Å²) in [6, 6.07) is 10.3. The molecule has 2 unspecified atom stereocenters. The fourth-order valence-electron chi connectivity index (χ4n) is 2.25. The molecule has 4 nitrogen and oxygen atoms in total. The van der Waals surface area contributed by atoms with Gasteiger partial charge in [0.15, 0.2) is 0 Å². The maximum absolute atomic E-state index is 8.35. The lowest BCUT2D eigenvalue weighted by Crippen LogP contribution is -1.82. The van der Waals surface area contributed by atoms with Crippen LogP contribution in [0.3, 0.4) is 0 Å². The predicted octanol–water partition coefficient (Wildman–Crippen LogP) is 3.77. The van der Waals surface area contributed by atoms with Crippen LogP contribution < -0.4 is 0 Å². The topological polar surface area (TPSA) is 81.8 Å². The van der Waals surface area contributed by atoms with Gasteiger partial charge in [-0.1, -0.05) is 48.0 Å². The third kappa shape index (κ3) is 8.76. The monoisotopic (exact) mass is 272 g/mol. The maximum atomic E-state index is 8.35. The van der Waals surface area contributed by atoms with Crippen LogP contribution >= 0.6 is 0 Å². The second kappa shape index (κ2) is 11.8. The second-order valence-corrected chi connectivity index (χ2v) is 4.58. The van der Waals surface area contributed by atoms with Crippen molar-refractivity contribution in [3.8, 4) is 0 Å². The number of nitrogens with one attached hydrogen (secondary N) is 2. The van der Waals surface area contributed by atoms with Crippen LogP contribution in [-0.2, 0) is 9.59 Å². The summed E-state index contributed by atoms with van der Waals surface area (Å²) in [5.41, 5.74) is 1.32. The Hall–Kier alpha value is -2.28. The summed E-state index contributed by atoms with van der Waals surface area (Å²) in [4.78, 5) is 16.7. The largest absolute Gasteiger partial charge is 0.231 e. The molecule has 20 heavy (non-hydrogen) atoms. The lowest BCUT2D eigenvalue weighted by atomic mass is 10.1. The first-order valence-electron chi connectivity index (χ1n) is 6.45. The molecular weight excluding hydrogens is 252 g/mol. The van der Waals surface area contributed by atoms with Crippen LogP contribution in [0.4, 0.5) is 0 Å². The molecule has 0 spiro atoms. The van der Waals surface area contributed by atoms with Gasteiger partial charge in [-0.05, 0) is 38.0 Å². The molecule has 2 aliphatic rings. The molecule has 0 aliphatic heterocycles. The number of rotatable bonds is 0. The van der Waals surface area contributed by atoms with Crippen LogP contribution in [0.1, 0.15) is 24.8 Å². The minimum Gasteiger partial charge on any atom is -0.222 e. The van der Waals surface area contributed by atoms with Crippen molar-refractivity contribution in [2.45, 2.75) is 26.2 Å². The number of fused-ring (bicyclic) bond motifs is 2. The number of hydrogen-bond acceptors (Lipinski definition) is 4. The van der Waals surface area contributed by atoms with Gasteiger partial charge < -0.3 is 0 Å². The van der Waals surface area contributed by atoms with E-state index in [1.165, 1.54) is 24.8 Å². The van der Waals surface area contributed by atoms with Gasteiger partial charge in [0.2, 0.25) is 12.2 Å². The van der Waals surface area contributed by atoms with Gasteiger partial charge >= 0.3 is 0 Å². The standard InChI is InChI=1S/C7H10.C7H8.2CHNO/c1-2-7-4-3-6(1)5-7;1-7-5-3-2-4-6-7;2*2-1-3/h1-2,6-7H,3-5H2;2-6H,1H3;2*2H. The average Bonchev–Trinajstić information content (AvgIpc) is 3.07. The van der Waals surface area contributed by atoms with Crippen molar-refractivity contribution in [2.75, 3.05) is 0 Å². The second-order valence-electron chi connectivity index (χ2n) is 4.58. The Morgan fingerprint density at radius 2 is 1.35 bits per heavy atom. The smallest absolute Gasteiger partial charge is 0.222 e. The Kier molecular flexibility index (Phi) is 10.4. The quantitative estimate of drug-likeness (QED) is 0.428. The summed E-state index contributed by atoms with van der Waals surface area (Å²) in [6.07, 6.45) is 10.7. The Balaban J connectivity index is 0.000000264. The van der Waals surface area contributed by atoms with Crippen molar-refractivity contribution >= 4 is 12.2 Å². The van der Waals surface area contributed by atoms with Crippen molar-refractivity contribution in [2.24, 2.45) is 11.8 Å². The highest BCUT2D eigenvalue weighted by Gasteiger charge is 2.25. The van der Waals surface area contributed by atoms with Crippen molar-refractivity contribution < 1.29 is 9.59 Å². The van der Waals surface area contributed by atoms with E-state index >= 15 is 0 Å². The van der Waals surface area contributed by atoms with E-state index in [9.17, 15) is 0 Å². The third-order valence-electron chi connectivity index (χ3n) is 3.11. The number of benzene rings is 1. The molecule has 1 aromatic rings. The number of carbonyl (C=O) groups excluding carboxylic acids is 2. The van der Waals surface area contributed by atoms with E-state index in [1.54, 1.807) is 0 Å². The highest BCUT2D eigenvalue weighted by molar-refractivity contribution is 5.26. The Morgan fingerprint density at radius 3 is 1.50 bits per heavy atom. The molecule has 106 valence electrons. The average molecular weight is 272 g/mol. The highest BCUT2D eigenvalue weighted by Crippen LogP contribution is 2.38. The Labute approximate surface area is 119 Å². The molecule has 4 heteroatoms. The van der Waals surface area contributed by atoms with Gasteiger partial charge in [-0.3, -0.25) is 0 Å². The molecule has 1 fully saturated rings. The molecular formula is C16H20N2O2. The molecule has 2 aliphatic carbocycles. The summed E-state index contributed by atoms with van der Waals surface area (Å²) in [6.45, 7) is 2.08.